The first-order chi connectivity index (χ1) is 24.0. The van der Waals surface area contributed by atoms with Gasteiger partial charge in [-0.15, -0.1) is 0 Å². The van der Waals surface area contributed by atoms with Crippen LogP contribution in [0.25, 0.3) is 22.3 Å². The van der Waals surface area contributed by atoms with Crippen molar-refractivity contribution in [3.8, 4) is 23.0 Å². The van der Waals surface area contributed by atoms with E-state index in [0.717, 1.165) is 30.4 Å². The van der Waals surface area contributed by atoms with Gasteiger partial charge in [0.05, 0.1) is 29.8 Å². The number of aryl methyl sites for hydroxylation is 1. The smallest absolute Gasteiger partial charge is 0.320 e. The Kier molecular flexibility index (Phi) is 8.91. The van der Waals surface area contributed by atoms with Crippen molar-refractivity contribution in [2.24, 2.45) is 5.92 Å². The van der Waals surface area contributed by atoms with Gasteiger partial charge >= 0.3 is 6.03 Å². The van der Waals surface area contributed by atoms with E-state index >= 15 is 0 Å². The lowest BCUT2D eigenvalue weighted by Gasteiger charge is -2.30. The van der Waals surface area contributed by atoms with Gasteiger partial charge in [0.25, 0.3) is 5.91 Å². The Morgan fingerprint density at radius 1 is 1.08 bits per heavy atom. The van der Waals surface area contributed by atoms with Crippen LogP contribution in [0.15, 0.2) is 54.6 Å². The number of urea groups is 1. The van der Waals surface area contributed by atoms with Crippen molar-refractivity contribution in [1.29, 1.82) is 0 Å². The van der Waals surface area contributed by atoms with Crippen LogP contribution in [0.2, 0.25) is 0 Å². The Hall–Kier alpha value is -4.72. The lowest BCUT2D eigenvalue weighted by atomic mass is 10.1. The molecule has 4 atom stereocenters. The number of hydrogen-bond donors (Lipinski definition) is 2. The summed E-state index contributed by atoms with van der Waals surface area (Å²) in [5, 5.41) is 2.97. The largest absolute Gasteiger partial charge is 0.496 e. The molecule has 7 rings (SSSR count). The topological polar surface area (TPSA) is 160 Å². The van der Waals surface area contributed by atoms with E-state index < -0.39 is 44.8 Å². The predicted molar refractivity (Wildman–Crippen MR) is 186 cm³/mol. The van der Waals surface area contributed by atoms with E-state index in [2.05, 4.69) is 10.0 Å². The average Bonchev–Trinajstić information content (AvgIpc) is 4.03. The number of ether oxygens (including phenoxy) is 2. The number of amides is 4. The van der Waals surface area contributed by atoms with Gasteiger partial charge in [0, 0.05) is 37.1 Å². The zero-order valence-electron chi connectivity index (χ0n) is 28.4. The summed E-state index contributed by atoms with van der Waals surface area (Å²) in [6, 6.07) is 11.9. The molecule has 2 N–H and O–H groups in total. The van der Waals surface area contributed by atoms with Gasteiger partial charge in [-0.05, 0) is 57.6 Å². The second-order valence-electron chi connectivity index (χ2n) is 13.7. The summed E-state index contributed by atoms with van der Waals surface area (Å²) in [5.74, 6) is -0.218. The Bertz CT molecular complexity index is 1970. The number of benzene rings is 2. The number of nitrogens with one attached hydrogen (secondary N) is 2. The van der Waals surface area contributed by atoms with E-state index in [4.69, 9.17) is 19.4 Å². The molecule has 4 aliphatic rings. The Labute approximate surface area is 291 Å². The minimum absolute atomic E-state index is 0.0984. The molecule has 4 amide bonds. The van der Waals surface area contributed by atoms with Crippen molar-refractivity contribution in [3.63, 3.8) is 0 Å². The molecule has 14 heteroatoms. The third-order valence-electron chi connectivity index (χ3n) is 10.2. The number of allylic oxidation sites excluding steroid dienone is 1. The van der Waals surface area contributed by atoms with Crippen LogP contribution >= 0.6 is 0 Å². The monoisotopic (exact) mass is 702 g/mol. The molecule has 0 radical (unpaired) electrons. The van der Waals surface area contributed by atoms with Crippen LogP contribution in [-0.4, -0.2) is 96.2 Å². The van der Waals surface area contributed by atoms with E-state index in [0.29, 0.717) is 47.7 Å². The van der Waals surface area contributed by atoms with Gasteiger partial charge in [0.2, 0.25) is 21.8 Å². The molecular formula is C36H42N6O7S. The molecule has 0 unspecified atom stereocenters. The normalized spacial score (nSPS) is 26.3. The first kappa shape index (κ1) is 33.8. The molecule has 50 heavy (non-hydrogen) atoms. The SMILES string of the molecule is COc1ccc2c(O[C@@H]3C[C@H]4C(=O)N[C@]5(C(=O)NS(=O)(=O)C6CC6)C[C@H]5/C=C/CCCCN(C)C(=O)N4C3)nc(-c3ccccc3)nc2c1C. The van der Waals surface area contributed by atoms with Crippen LogP contribution in [0.3, 0.4) is 0 Å². The molecule has 3 aromatic rings. The molecule has 2 saturated carbocycles. The summed E-state index contributed by atoms with van der Waals surface area (Å²) in [6.45, 7) is 2.52. The highest BCUT2D eigenvalue weighted by Gasteiger charge is 2.62. The number of aromatic nitrogens is 2. The van der Waals surface area contributed by atoms with Crippen molar-refractivity contribution >= 4 is 38.8 Å². The molecule has 13 nitrogen and oxygen atoms in total. The number of rotatable bonds is 7. The van der Waals surface area contributed by atoms with Crippen molar-refractivity contribution in [2.75, 3.05) is 27.2 Å². The molecule has 3 heterocycles. The molecule has 264 valence electrons. The Balaban J connectivity index is 1.21. The molecule has 0 bridgehead atoms. The number of sulfonamides is 1. The molecular weight excluding hydrogens is 660 g/mol. The Morgan fingerprint density at radius 2 is 1.86 bits per heavy atom. The van der Waals surface area contributed by atoms with Gasteiger partial charge in [-0.25, -0.2) is 18.2 Å². The summed E-state index contributed by atoms with van der Waals surface area (Å²) >= 11 is 0. The zero-order valence-corrected chi connectivity index (χ0v) is 29.2. The first-order valence-corrected chi connectivity index (χ1v) is 18.7. The number of carbonyl (C=O) groups is 3. The van der Waals surface area contributed by atoms with Crippen LogP contribution in [0, 0.1) is 12.8 Å². The highest BCUT2D eigenvalue weighted by molar-refractivity contribution is 7.91. The standard InChI is InChI=1S/C36H42N6O7S/c1-22-29(48-3)17-16-27-30(22)37-31(23-11-7-6-8-12-23)38-33(27)49-25-19-28-32(43)39-36(34(44)40-50(46,47)26-14-15-26)20-24(36)13-9-4-5-10-18-41(2)35(45)42(28)21-25/h6-9,11-13,16-17,24-26,28H,4-5,10,14-15,18-21H2,1-3H3,(H,39,43)(H,40,44)/b13-9+/t24-,25-,28+,36-/m1/s1. The van der Waals surface area contributed by atoms with Crippen LogP contribution < -0.4 is 19.5 Å². The lowest BCUT2D eigenvalue weighted by Crippen LogP contribution is -2.57. The first-order valence-electron chi connectivity index (χ1n) is 17.1. The molecule has 2 aliphatic heterocycles. The molecule has 1 saturated heterocycles. The number of methoxy groups -OCH3 is 1. The van der Waals surface area contributed by atoms with Gasteiger partial charge in [0.15, 0.2) is 5.82 Å². The van der Waals surface area contributed by atoms with Gasteiger partial charge in [0.1, 0.15) is 23.4 Å². The fourth-order valence-corrected chi connectivity index (χ4v) is 8.33. The zero-order chi connectivity index (χ0) is 35.2. The summed E-state index contributed by atoms with van der Waals surface area (Å²) in [7, 11) is -0.529. The molecule has 2 aliphatic carbocycles. The van der Waals surface area contributed by atoms with E-state index in [-0.39, 0.29) is 31.3 Å². The van der Waals surface area contributed by atoms with Crippen LogP contribution in [-0.2, 0) is 19.6 Å². The van der Waals surface area contributed by atoms with E-state index in [1.54, 1.807) is 19.1 Å². The van der Waals surface area contributed by atoms with E-state index in [9.17, 15) is 22.8 Å². The molecule has 3 fully saturated rings. The second-order valence-corrected chi connectivity index (χ2v) is 15.7. The number of hydrogen-bond acceptors (Lipinski definition) is 9. The van der Waals surface area contributed by atoms with Gasteiger partial charge in [-0.2, -0.15) is 4.98 Å². The Morgan fingerprint density at radius 3 is 2.60 bits per heavy atom. The highest BCUT2D eigenvalue weighted by Crippen LogP contribution is 2.46. The van der Waals surface area contributed by atoms with Crippen molar-refractivity contribution < 1.29 is 32.3 Å². The van der Waals surface area contributed by atoms with E-state index in [1.807, 2.05) is 61.5 Å². The van der Waals surface area contributed by atoms with Crippen LogP contribution in [0.1, 0.15) is 50.5 Å². The highest BCUT2D eigenvalue weighted by atomic mass is 32.2. The quantitative estimate of drug-likeness (QED) is 0.350. The van der Waals surface area contributed by atoms with Crippen LogP contribution in [0.5, 0.6) is 11.6 Å². The fraction of sp³-hybridized carbons (Fsp3) is 0.472. The van der Waals surface area contributed by atoms with Crippen LogP contribution in [0.4, 0.5) is 4.79 Å². The van der Waals surface area contributed by atoms with E-state index in [1.165, 1.54) is 4.90 Å². The van der Waals surface area contributed by atoms with Gasteiger partial charge in [-0.3, -0.25) is 14.3 Å². The summed E-state index contributed by atoms with van der Waals surface area (Å²) in [5.41, 5.74) is 0.833. The fourth-order valence-electron chi connectivity index (χ4n) is 6.97. The maximum absolute atomic E-state index is 14.2. The molecule has 2 aromatic carbocycles. The second kappa shape index (κ2) is 13.2. The average molecular weight is 703 g/mol. The van der Waals surface area contributed by atoms with Crippen molar-refractivity contribution in [2.45, 2.75) is 74.8 Å². The van der Waals surface area contributed by atoms with Crippen molar-refractivity contribution in [3.05, 3.63) is 60.2 Å². The third kappa shape index (κ3) is 6.48. The maximum Gasteiger partial charge on any atom is 0.320 e. The number of nitrogens with zero attached hydrogens (tertiary/aromatic N) is 4. The summed E-state index contributed by atoms with van der Waals surface area (Å²) < 4.78 is 39.9. The van der Waals surface area contributed by atoms with Gasteiger partial charge in [-0.1, -0.05) is 42.5 Å². The summed E-state index contributed by atoms with van der Waals surface area (Å²) in [4.78, 5) is 54.4. The van der Waals surface area contributed by atoms with Gasteiger partial charge < -0.3 is 24.6 Å². The third-order valence-corrected chi connectivity index (χ3v) is 12.0. The minimum atomic E-state index is -3.84. The lowest BCUT2D eigenvalue weighted by molar-refractivity contribution is -0.131. The number of fused-ring (bicyclic) bond motifs is 3. The molecule has 0 spiro atoms. The van der Waals surface area contributed by atoms with Crippen molar-refractivity contribution in [1.82, 2.24) is 29.8 Å². The predicted octanol–water partition coefficient (Wildman–Crippen LogP) is 3.71. The number of carbonyl (C=O) groups excluding carboxylic acids is 3. The minimum Gasteiger partial charge on any atom is -0.496 e. The molecule has 1 aromatic heterocycles. The summed E-state index contributed by atoms with van der Waals surface area (Å²) in [6.07, 6.45) is 6.94. The maximum atomic E-state index is 14.2.